The lowest BCUT2D eigenvalue weighted by atomic mass is 10.3. The molecule has 2 aromatic carbocycles. The van der Waals surface area contributed by atoms with Crippen LogP contribution in [0.5, 0.6) is 0 Å². The Kier molecular flexibility index (Phi) is 5.33. The first-order valence-electron chi connectivity index (χ1n) is 8.59. The summed E-state index contributed by atoms with van der Waals surface area (Å²) >= 11 is 9.10. The third-order valence-electron chi connectivity index (χ3n) is 4.08. The molecular formula is C19H17ClN4OS2. The number of fused-ring (bicyclic) bond motifs is 1. The van der Waals surface area contributed by atoms with Gasteiger partial charge in [0.05, 0.1) is 22.4 Å². The summed E-state index contributed by atoms with van der Waals surface area (Å²) in [5, 5.41) is 10.2. The monoisotopic (exact) mass is 416 g/mol. The van der Waals surface area contributed by atoms with Gasteiger partial charge in [-0.3, -0.25) is 13.9 Å². The second kappa shape index (κ2) is 7.88. The smallest absolute Gasteiger partial charge is 0.291 e. The molecule has 0 saturated carbocycles. The zero-order valence-corrected chi connectivity index (χ0v) is 17.0. The molecule has 4 rings (SSSR count). The van der Waals surface area contributed by atoms with Crippen LogP contribution in [0.15, 0.2) is 58.5 Å². The van der Waals surface area contributed by atoms with Crippen LogP contribution in [0.3, 0.4) is 0 Å². The molecule has 0 saturated heterocycles. The van der Waals surface area contributed by atoms with Crippen molar-refractivity contribution in [2.75, 3.05) is 5.75 Å². The van der Waals surface area contributed by atoms with E-state index in [1.165, 1.54) is 11.3 Å². The molecule has 138 valence electrons. The molecule has 4 aromatic rings. The molecule has 2 aromatic heterocycles. The summed E-state index contributed by atoms with van der Waals surface area (Å²) in [5.74, 6) is 1.65. The first kappa shape index (κ1) is 18.3. The van der Waals surface area contributed by atoms with E-state index in [2.05, 4.69) is 17.1 Å². The highest BCUT2D eigenvalue weighted by molar-refractivity contribution is 7.99. The third-order valence-corrected chi connectivity index (χ3v) is 6.41. The van der Waals surface area contributed by atoms with E-state index < -0.39 is 0 Å². The fourth-order valence-corrected chi connectivity index (χ4v) is 4.77. The lowest BCUT2D eigenvalue weighted by molar-refractivity contribution is 0.726. The number of thioether (sulfide) groups is 1. The summed E-state index contributed by atoms with van der Waals surface area (Å²) in [6.45, 7) is 2.49. The number of nitrogens with zero attached hydrogens (tertiary/aromatic N) is 4. The third kappa shape index (κ3) is 3.67. The number of benzene rings is 2. The molecule has 0 atom stereocenters. The highest BCUT2D eigenvalue weighted by Gasteiger charge is 2.17. The van der Waals surface area contributed by atoms with Crippen molar-refractivity contribution >= 4 is 44.9 Å². The number of thiazole rings is 1. The molecule has 0 amide bonds. The van der Waals surface area contributed by atoms with Crippen molar-refractivity contribution in [2.45, 2.75) is 25.0 Å². The van der Waals surface area contributed by atoms with Gasteiger partial charge >= 0.3 is 4.87 Å². The minimum Gasteiger partial charge on any atom is -0.291 e. The molecule has 0 fully saturated rings. The fraction of sp³-hybridized carbons (Fsp3) is 0.211. The molecule has 8 heteroatoms. The molecule has 0 spiro atoms. The van der Waals surface area contributed by atoms with Gasteiger partial charge in [0, 0.05) is 10.8 Å². The Morgan fingerprint density at radius 1 is 1.15 bits per heavy atom. The van der Waals surface area contributed by atoms with E-state index in [0.717, 1.165) is 33.2 Å². The van der Waals surface area contributed by atoms with E-state index in [9.17, 15) is 4.79 Å². The number of rotatable bonds is 6. The van der Waals surface area contributed by atoms with Crippen LogP contribution in [-0.2, 0) is 6.54 Å². The van der Waals surface area contributed by atoms with Crippen molar-refractivity contribution in [1.29, 1.82) is 0 Å². The maximum absolute atomic E-state index is 12.5. The van der Waals surface area contributed by atoms with Crippen LogP contribution in [0.1, 0.15) is 19.2 Å². The fourth-order valence-electron chi connectivity index (χ4n) is 2.87. The van der Waals surface area contributed by atoms with Crippen molar-refractivity contribution < 1.29 is 0 Å². The van der Waals surface area contributed by atoms with Gasteiger partial charge < -0.3 is 0 Å². The number of halogens is 1. The highest BCUT2D eigenvalue weighted by Crippen LogP contribution is 2.25. The lowest BCUT2D eigenvalue weighted by Crippen LogP contribution is -2.16. The molecule has 0 N–H and O–H groups in total. The summed E-state index contributed by atoms with van der Waals surface area (Å²) < 4.78 is 4.71. The molecule has 5 nitrogen and oxygen atoms in total. The maximum Gasteiger partial charge on any atom is 0.308 e. The zero-order valence-electron chi connectivity index (χ0n) is 14.6. The number of aromatic nitrogens is 4. The second-order valence-electron chi connectivity index (χ2n) is 5.98. The maximum atomic E-state index is 12.5. The Balaban J connectivity index is 1.82. The Morgan fingerprint density at radius 3 is 2.81 bits per heavy atom. The Morgan fingerprint density at radius 2 is 2.00 bits per heavy atom. The van der Waals surface area contributed by atoms with Gasteiger partial charge in [0.1, 0.15) is 0 Å². The van der Waals surface area contributed by atoms with Gasteiger partial charge in [0.15, 0.2) is 11.0 Å². The molecule has 0 aliphatic carbocycles. The highest BCUT2D eigenvalue weighted by atomic mass is 35.5. The summed E-state index contributed by atoms with van der Waals surface area (Å²) in [7, 11) is 0. The number of hydrogen-bond donors (Lipinski definition) is 0. The molecule has 0 aliphatic rings. The van der Waals surface area contributed by atoms with Crippen LogP contribution in [0.2, 0.25) is 5.02 Å². The van der Waals surface area contributed by atoms with Crippen molar-refractivity contribution in [1.82, 2.24) is 19.3 Å². The first-order valence-corrected chi connectivity index (χ1v) is 10.8. The Labute approximate surface area is 169 Å². The summed E-state index contributed by atoms with van der Waals surface area (Å²) in [4.78, 5) is 12.5. The van der Waals surface area contributed by atoms with E-state index in [0.29, 0.717) is 17.4 Å². The summed E-state index contributed by atoms with van der Waals surface area (Å²) in [5.41, 5.74) is 1.81. The van der Waals surface area contributed by atoms with Crippen molar-refractivity contribution in [3.05, 3.63) is 69.0 Å². The average molecular weight is 417 g/mol. The zero-order chi connectivity index (χ0) is 18.8. The predicted molar refractivity (Wildman–Crippen MR) is 113 cm³/mol. The predicted octanol–water partition coefficient (Wildman–Crippen LogP) is 4.85. The minimum atomic E-state index is -0.000365. The van der Waals surface area contributed by atoms with Gasteiger partial charge in [0.25, 0.3) is 0 Å². The number of hydrogen-bond acceptors (Lipinski definition) is 5. The van der Waals surface area contributed by atoms with E-state index in [1.54, 1.807) is 16.3 Å². The number of para-hydroxylation sites is 1. The molecule has 0 unspecified atom stereocenters. The van der Waals surface area contributed by atoms with Gasteiger partial charge in [-0.25, -0.2) is 0 Å². The van der Waals surface area contributed by atoms with Crippen LogP contribution in [0.4, 0.5) is 0 Å². The Hall–Kier alpha value is -2.09. The SMILES string of the molecule is CCCSc1nnc(Cn2c(=O)sc3ccccc32)n1-c1cccc(Cl)c1. The summed E-state index contributed by atoms with van der Waals surface area (Å²) in [6.07, 6.45) is 1.04. The summed E-state index contributed by atoms with van der Waals surface area (Å²) in [6, 6.07) is 15.4. The quantitative estimate of drug-likeness (QED) is 0.422. The normalized spacial score (nSPS) is 11.3. The van der Waals surface area contributed by atoms with Crippen LogP contribution in [0.25, 0.3) is 15.9 Å². The van der Waals surface area contributed by atoms with Crippen molar-refractivity contribution in [3.63, 3.8) is 0 Å². The first-order chi connectivity index (χ1) is 13.2. The van der Waals surface area contributed by atoms with Gasteiger partial charge in [-0.15, -0.1) is 10.2 Å². The molecule has 2 heterocycles. The molecule has 27 heavy (non-hydrogen) atoms. The Bertz CT molecular complexity index is 1150. The molecule has 0 aliphatic heterocycles. The topological polar surface area (TPSA) is 52.7 Å². The van der Waals surface area contributed by atoms with Gasteiger partial charge in [-0.05, 0) is 36.8 Å². The van der Waals surface area contributed by atoms with Crippen LogP contribution in [0, 0.1) is 0 Å². The van der Waals surface area contributed by atoms with E-state index in [4.69, 9.17) is 11.6 Å². The van der Waals surface area contributed by atoms with Gasteiger partial charge in [-0.2, -0.15) is 0 Å². The average Bonchev–Trinajstić information content (AvgIpc) is 3.21. The molecule has 0 bridgehead atoms. The molecular weight excluding hydrogens is 400 g/mol. The standard InChI is InChI=1S/C19H17ClN4OS2/c1-2-10-26-18-22-21-17(24(18)14-7-5-6-13(20)11-14)12-23-15-8-3-4-9-16(15)27-19(23)25/h3-9,11H,2,10,12H2,1H3. The van der Waals surface area contributed by atoms with Gasteiger partial charge in [-0.1, -0.05) is 59.8 Å². The van der Waals surface area contributed by atoms with Crippen LogP contribution < -0.4 is 4.87 Å². The second-order valence-corrected chi connectivity index (χ2v) is 8.48. The van der Waals surface area contributed by atoms with Crippen molar-refractivity contribution in [3.8, 4) is 5.69 Å². The van der Waals surface area contributed by atoms with Crippen LogP contribution >= 0.6 is 34.7 Å². The van der Waals surface area contributed by atoms with E-state index >= 15 is 0 Å². The van der Waals surface area contributed by atoms with Crippen LogP contribution in [-0.4, -0.2) is 25.1 Å². The van der Waals surface area contributed by atoms with E-state index in [1.807, 2.05) is 53.1 Å². The van der Waals surface area contributed by atoms with Gasteiger partial charge in [0.2, 0.25) is 0 Å². The minimum absolute atomic E-state index is 0.000365. The van der Waals surface area contributed by atoms with E-state index in [-0.39, 0.29) is 4.87 Å². The van der Waals surface area contributed by atoms with Crippen molar-refractivity contribution in [2.24, 2.45) is 0 Å². The molecule has 0 radical (unpaired) electrons. The lowest BCUT2D eigenvalue weighted by Gasteiger charge is -2.11. The largest absolute Gasteiger partial charge is 0.308 e.